The molecule has 0 radical (unpaired) electrons. The van der Waals surface area contributed by atoms with Crippen LogP contribution in [0, 0.1) is 5.92 Å². The summed E-state index contributed by atoms with van der Waals surface area (Å²) in [5, 5.41) is 12.9. The van der Waals surface area contributed by atoms with E-state index in [0.29, 0.717) is 42.4 Å². The molecule has 5 aliphatic rings. The van der Waals surface area contributed by atoms with Crippen LogP contribution < -0.4 is 9.47 Å². The van der Waals surface area contributed by atoms with Crippen molar-refractivity contribution in [2.24, 2.45) is 5.92 Å². The molecule has 44 heavy (non-hydrogen) atoms. The summed E-state index contributed by atoms with van der Waals surface area (Å²) >= 11 is 0. The molecule has 5 atom stereocenters. The van der Waals surface area contributed by atoms with Crippen LogP contribution >= 0.6 is 0 Å². The van der Waals surface area contributed by atoms with E-state index < -0.39 is 28.9 Å². The van der Waals surface area contributed by atoms with Crippen molar-refractivity contribution >= 4 is 12.0 Å². The predicted molar refractivity (Wildman–Crippen MR) is 161 cm³/mol. The van der Waals surface area contributed by atoms with Gasteiger partial charge in [-0.05, 0) is 92.8 Å². The number of unbranched alkanes of at least 4 members (excludes halogenated alkanes) is 1. The lowest BCUT2D eigenvalue weighted by atomic mass is 9.48. The molecule has 1 saturated heterocycles. The van der Waals surface area contributed by atoms with Crippen molar-refractivity contribution in [3.63, 3.8) is 0 Å². The number of hydrogen-bond donors (Lipinski definition) is 1. The monoisotopic (exact) mass is 610 g/mol. The van der Waals surface area contributed by atoms with Gasteiger partial charge in [0.15, 0.2) is 11.5 Å². The van der Waals surface area contributed by atoms with Crippen molar-refractivity contribution in [3.8, 4) is 11.5 Å². The molecule has 1 spiro atoms. The van der Waals surface area contributed by atoms with Gasteiger partial charge >= 0.3 is 6.18 Å². The molecule has 3 fully saturated rings. The smallest absolute Gasteiger partial charge is 0.416 e. The third kappa shape index (κ3) is 4.56. The van der Waals surface area contributed by atoms with E-state index in [-0.39, 0.29) is 18.0 Å². The van der Waals surface area contributed by atoms with E-state index in [1.165, 1.54) is 36.6 Å². The summed E-state index contributed by atoms with van der Waals surface area (Å²) in [6.07, 6.45) is 4.72. The molecule has 0 aromatic heterocycles. The third-order valence-corrected chi connectivity index (χ3v) is 11.0. The summed E-state index contributed by atoms with van der Waals surface area (Å²) in [5.74, 6) is 1.78. The summed E-state index contributed by atoms with van der Waals surface area (Å²) in [5.41, 5.74) is 0.140. The van der Waals surface area contributed by atoms with Crippen LogP contribution in [0.25, 0.3) is 6.08 Å². The zero-order valence-corrected chi connectivity index (χ0v) is 25.4. The Labute approximate surface area is 256 Å². The van der Waals surface area contributed by atoms with Crippen molar-refractivity contribution in [3.05, 3.63) is 64.7 Å². The van der Waals surface area contributed by atoms with E-state index >= 15 is 0 Å². The Morgan fingerprint density at radius 2 is 2.02 bits per heavy atom. The molecule has 2 aliphatic heterocycles. The van der Waals surface area contributed by atoms with E-state index in [2.05, 4.69) is 17.9 Å². The topological polar surface area (TPSA) is 62.2 Å². The second-order valence-corrected chi connectivity index (χ2v) is 13.4. The molecular weight excluding hydrogens is 569 g/mol. The second kappa shape index (κ2) is 10.8. The number of carbonyl (C=O) groups is 1. The van der Waals surface area contributed by atoms with Gasteiger partial charge in [0, 0.05) is 30.8 Å². The number of hydrogen-bond acceptors (Lipinski definition) is 5. The number of methoxy groups -OCH3 is 1. The van der Waals surface area contributed by atoms with Crippen molar-refractivity contribution in [1.82, 2.24) is 9.80 Å². The van der Waals surface area contributed by atoms with Crippen LogP contribution in [0.2, 0.25) is 0 Å². The van der Waals surface area contributed by atoms with Gasteiger partial charge in [0.05, 0.1) is 29.7 Å². The minimum Gasteiger partial charge on any atom is -0.493 e. The summed E-state index contributed by atoms with van der Waals surface area (Å²) in [4.78, 5) is 18.3. The fourth-order valence-corrected chi connectivity index (χ4v) is 8.77. The number of amides is 1. The number of nitrogens with zero attached hydrogens (tertiary/aromatic N) is 2. The van der Waals surface area contributed by atoms with Gasteiger partial charge in [0.1, 0.15) is 6.10 Å². The van der Waals surface area contributed by atoms with Crippen LogP contribution in [-0.4, -0.2) is 71.3 Å². The largest absolute Gasteiger partial charge is 0.493 e. The molecule has 7 rings (SSSR count). The summed E-state index contributed by atoms with van der Waals surface area (Å²) in [7, 11) is 1.63. The van der Waals surface area contributed by atoms with E-state index in [4.69, 9.17) is 9.47 Å². The Bertz CT molecular complexity index is 1470. The molecular formula is C35H41F3N2O4. The van der Waals surface area contributed by atoms with Gasteiger partial charge in [0.25, 0.3) is 0 Å². The zero-order chi connectivity index (χ0) is 30.9. The van der Waals surface area contributed by atoms with Crippen molar-refractivity contribution < 1.29 is 32.5 Å². The maximum absolute atomic E-state index is 13.9. The second-order valence-electron chi connectivity index (χ2n) is 13.4. The highest BCUT2D eigenvalue weighted by Crippen LogP contribution is 2.66. The predicted octanol–water partition coefficient (Wildman–Crippen LogP) is 5.99. The average Bonchev–Trinajstić information content (AvgIpc) is 3.75. The average molecular weight is 611 g/mol. The Hall–Kier alpha value is -3.04. The van der Waals surface area contributed by atoms with E-state index in [0.717, 1.165) is 56.5 Å². The fourth-order valence-electron chi connectivity index (χ4n) is 8.77. The first-order valence-corrected chi connectivity index (χ1v) is 16.1. The van der Waals surface area contributed by atoms with E-state index in [9.17, 15) is 23.1 Å². The molecule has 2 aromatic carbocycles. The first-order chi connectivity index (χ1) is 21.1. The number of ether oxygens (including phenoxy) is 2. The van der Waals surface area contributed by atoms with Crippen molar-refractivity contribution in [2.45, 2.75) is 93.7 Å². The zero-order valence-electron chi connectivity index (χ0n) is 25.4. The highest BCUT2D eigenvalue weighted by Gasteiger charge is 2.73. The van der Waals surface area contributed by atoms with Gasteiger partial charge in [-0.15, -0.1) is 0 Å². The number of alkyl halides is 3. The first-order valence-electron chi connectivity index (χ1n) is 16.1. The van der Waals surface area contributed by atoms with Crippen LogP contribution in [-0.2, 0) is 22.8 Å². The summed E-state index contributed by atoms with van der Waals surface area (Å²) in [6, 6.07) is 8.77. The molecule has 2 aromatic rings. The van der Waals surface area contributed by atoms with Crippen molar-refractivity contribution in [1.29, 1.82) is 0 Å². The van der Waals surface area contributed by atoms with Crippen molar-refractivity contribution in [2.75, 3.05) is 26.7 Å². The quantitative estimate of drug-likeness (QED) is 0.354. The fraction of sp³-hybridized carbons (Fsp3) is 0.571. The highest BCUT2D eigenvalue weighted by molar-refractivity contribution is 5.92. The summed E-state index contributed by atoms with van der Waals surface area (Å²) < 4.78 is 52.6. The number of benzene rings is 2. The Kier molecular flexibility index (Phi) is 7.28. The molecule has 2 unspecified atom stereocenters. The van der Waals surface area contributed by atoms with Gasteiger partial charge in [-0.1, -0.05) is 31.5 Å². The number of piperidine rings is 1. The highest BCUT2D eigenvalue weighted by atomic mass is 19.4. The molecule has 2 saturated carbocycles. The Balaban J connectivity index is 1.26. The lowest BCUT2D eigenvalue weighted by Gasteiger charge is -2.65. The SMILES string of the molecule is CCCCN(C(=O)/C=C/c1cccc(C(F)(F)F)c1)C1CC[C@@]2(O)[C@H]3Cc4ccc(OC)c5c4[C@@]2(CCN3CC2CC2)C1O5. The Morgan fingerprint density at radius 3 is 2.75 bits per heavy atom. The number of halogens is 3. The lowest BCUT2D eigenvalue weighted by molar-refractivity contribution is -0.201. The molecule has 236 valence electrons. The van der Waals surface area contributed by atoms with Crippen LogP contribution in [0.5, 0.6) is 11.5 Å². The molecule has 2 bridgehead atoms. The third-order valence-electron chi connectivity index (χ3n) is 11.0. The van der Waals surface area contributed by atoms with Crippen LogP contribution in [0.3, 0.4) is 0 Å². The normalized spacial score (nSPS) is 30.6. The number of rotatable bonds is 9. The molecule has 9 heteroatoms. The molecule has 2 heterocycles. The number of likely N-dealkylation sites (tertiary alicyclic amines) is 1. The number of carbonyl (C=O) groups excluding carboxylic acids is 1. The molecule has 3 aliphatic carbocycles. The number of aliphatic hydroxyl groups is 1. The maximum Gasteiger partial charge on any atom is 0.416 e. The standard InChI is InChI=1S/C35H41F3N2O4/c1-3-4-17-40(29(41)13-10-22-6-5-7-25(19-22)35(36,37)38)26-14-15-34(42)28-20-24-11-12-27(43-2)31-30(24)33(34,32(26)44-31)16-18-39(28)21-23-8-9-23/h5-7,10-13,19,23,26,28,32,42H,3-4,8-9,14-18,20-21H2,1-2H3/b13-10+/t26?,28-,32?,33+,34-/m1/s1. The van der Waals surface area contributed by atoms with Crippen LogP contribution in [0.15, 0.2) is 42.5 Å². The van der Waals surface area contributed by atoms with E-state index in [1.54, 1.807) is 13.2 Å². The minimum absolute atomic E-state index is 0.0173. The summed E-state index contributed by atoms with van der Waals surface area (Å²) in [6.45, 7) is 4.45. The van der Waals surface area contributed by atoms with Gasteiger partial charge in [-0.25, -0.2) is 0 Å². The molecule has 1 amide bonds. The first kappa shape index (κ1) is 29.7. The Morgan fingerprint density at radius 1 is 1.20 bits per heavy atom. The van der Waals surface area contributed by atoms with Gasteiger partial charge in [0.2, 0.25) is 5.91 Å². The molecule has 1 N–H and O–H groups in total. The van der Waals surface area contributed by atoms with Crippen LogP contribution in [0.1, 0.15) is 74.1 Å². The maximum atomic E-state index is 13.9. The minimum atomic E-state index is -4.46. The van der Waals surface area contributed by atoms with Gasteiger partial charge < -0.3 is 19.5 Å². The van der Waals surface area contributed by atoms with Gasteiger partial charge in [-0.3, -0.25) is 9.69 Å². The van der Waals surface area contributed by atoms with Gasteiger partial charge in [-0.2, -0.15) is 13.2 Å². The molecule has 6 nitrogen and oxygen atoms in total. The van der Waals surface area contributed by atoms with Crippen LogP contribution in [0.4, 0.5) is 13.2 Å². The lowest BCUT2D eigenvalue weighted by Crippen LogP contribution is -2.78. The van der Waals surface area contributed by atoms with E-state index in [1.807, 2.05) is 11.0 Å².